The Kier molecular flexibility index (Phi) is 5.76. The number of amides is 1. The van der Waals surface area contributed by atoms with Gasteiger partial charge in [-0.3, -0.25) is 10.1 Å². The molecule has 7 heteroatoms. The van der Waals surface area contributed by atoms with Crippen LogP contribution in [0.25, 0.3) is 0 Å². The third kappa shape index (κ3) is 5.13. The smallest absolute Gasteiger partial charge is 0.407 e. The zero-order chi connectivity index (χ0) is 15.1. The Morgan fingerprint density at radius 1 is 1.35 bits per heavy atom. The first-order valence-electron chi connectivity index (χ1n) is 6.34. The van der Waals surface area contributed by atoms with Gasteiger partial charge in [0.25, 0.3) is 5.69 Å². The number of nitro benzene ring substituents is 1. The van der Waals surface area contributed by atoms with Gasteiger partial charge in [-0.25, -0.2) is 4.79 Å². The number of anilines is 1. The molecule has 1 amide bonds. The lowest BCUT2D eigenvalue weighted by molar-refractivity contribution is -0.384. The zero-order valence-corrected chi connectivity index (χ0v) is 11.8. The van der Waals surface area contributed by atoms with E-state index in [4.69, 9.17) is 4.74 Å². The van der Waals surface area contributed by atoms with Crippen molar-refractivity contribution in [3.8, 4) is 0 Å². The van der Waals surface area contributed by atoms with Crippen molar-refractivity contribution in [2.75, 3.05) is 11.9 Å². The fourth-order valence-corrected chi connectivity index (χ4v) is 1.55. The van der Waals surface area contributed by atoms with Crippen LogP contribution in [-0.4, -0.2) is 29.7 Å². The number of nitrogens with one attached hydrogen (secondary N) is 2. The molecular formula is C13H19N3O4. The van der Waals surface area contributed by atoms with Crippen molar-refractivity contribution >= 4 is 17.5 Å². The molecule has 0 radical (unpaired) electrons. The first kappa shape index (κ1) is 15.7. The van der Waals surface area contributed by atoms with E-state index in [1.165, 1.54) is 6.07 Å². The number of alkyl carbamates (subject to hydrolysis) is 1. The van der Waals surface area contributed by atoms with Crippen molar-refractivity contribution in [2.24, 2.45) is 0 Å². The van der Waals surface area contributed by atoms with E-state index in [2.05, 4.69) is 10.6 Å². The molecule has 0 heterocycles. The van der Waals surface area contributed by atoms with Gasteiger partial charge in [0.1, 0.15) is 5.69 Å². The number of nitrogens with zero attached hydrogens (tertiary/aromatic N) is 1. The third-order valence-electron chi connectivity index (χ3n) is 2.41. The molecule has 0 aromatic heterocycles. The van der Waals surface area contributed by atoms with Gasteiger partial charge in [-0.2, -0.15) is 0 Å². The maximum Gasteiger partial charge on any atom is 0.407 e. The second-order valence-electron chi connectivity index (χ2n) is 4.65. The van der Waals surface area contributed by atoms with E-state index in [1.807, 2.05) is 0 Å². The molecule has 1 unspecified atom stereocenters. The lowest BCUT2D eigenvalue weighted by Crippen LogP contribution is -2.38. The molecule has 1 aromatic carbocycles. The van der Waals surface area contributed by atoms with Crippen molar-refractivity contribution in [2.45, 2.75) is 32.9 Å². The number of nitro groups is 1. The number of ether oxygens (including phenoxy) is 1. The summed E-state index contributed by atoms with van der Waals surface area (Å²) in [7, 11) is 0. The van der Waals surface area contributed by atoms with Gasteiger partial charge in [-0.05, 0) is 26.8 Å². The average molecular weight is 281 g/mol. The van der Waals surface area contributed by atoms with Crippen LogP contribution >= 0.6 is 0 Å². The molecule has 1 atom stereocenters. The summed E-state index contributed by atoms with van der Waals surface area (Å²) in [6.45, 7) is 5.66. The normalized spacial score (nSPS) is 11.8. The summed E-state index contributed by atoms with van der Waals surface area (Å²) in [6, 6.07) is 6.14. The number of carbonyl (C=O) groups excluding carboxylic acids is 1. The molecule has 0 saturated heterocycles. The van der Waals surface area contributed by atoms with Gasteiger partial charge in [0, 0.05) is 18.7 Å². The summed E-state index contributed by atoms with van der Waals surface area (Å²) in [4.78, 5) is 21.8. The highest BCUT2D eigenvalue weighted by molar-refractivity contribution is 5.68. The molecular weight excluding hydrogens is 262 g/mol. The first-order chi connectivity index (χ1) is 9.40. The van der Waals surface area contributed by atoms with Crippen LogP contribution in [-0.2, 0) is 4.74 Å². The van der Waals surface area contributed by atoms with Gasteiger partial charge in [-0.1, -0.05) is 12.1 Å². The summed E-state index contributed by atoms with van der Waals surface area (Å²) in [5, 5.41) is 16.4. The Hall–Kier alpha value is -2.31. The summed E-state index contributed by atoms with van der Waals surface area (Å²) in [6.07, 6.45) is -0.692. The van der Waals surface area contributed by atoms with Crippen molar-refractivity contribution in [1.29, 1.82) is 0 Å². The Bertz CT molecular complexity index is 476. The summed E-state index contributed by atoms with van der Waals surface area (Å²) in [5.41, 5.74) is 0.424. The topological polar surface area (TPSA) is 93.5 Å². The Balaban J connectivity index is 2.51. The lowest BCUT2D eigenvalue weighted by atomic mass is 10.2. The summed E-state index contributed by atoms with van der Waals surface area (Å²) in [5.74, 6) is 0. The molecule has 1 rings (SSSR count). The van der Waals surface area contributed by atoms with E-state index in [1.54, 1.807) is 39.0 Å². The molecule has 7 nitrogen and oxygen atoms in total. The summed E-state index contributed by atoms with van der Waals surface area (Å²) < 4.78 is 4.95. The third-order valence-corrected chi connectivity index (χ3v) is 2.41. The van der Waals surface area contributed by atoms with Crippen LogP contribution < -0.4 is 10.6 Å². The van der Waals surface area contributed by atoms with E-state index < -0.39 is 11.0 Å². The number of carbonyl (C=O) groups is 1. The number of hydrogen-bond donors (Lipinski definition) is 2. The minimum atomic E-state index is -0.503. The lowest BCUT2D eigenvalue weighted by Gasteiger charge is -2.16. The monoisotopic (exact) mass is 281 g/mol. The van der Waals surface area contributed by atoms with Crippen molar-refractivity contribution in [3.63, 3.8) is 0 Å². The largest absolute Gasteiger partial charge is 0.447 e. The predicted octanol–water partition coefficient (Wildman–Crippen LogP) is 2.53. The maximum atomic E-state index is 11.4. The van der Waals surface area contributed by atoms with Crippen LogP contribution in [0.5, 0.6) is 0 Å². The molecule has 1 aromatic rings. The van der Waals surface area contributed by atoms with Crippen LogP contribution in [0.4, 0.5) is 16.2 Å². The van der Waals surface area contributed by atoms with Gasteiger partial charge in [-0.15, -0.1) is 0 Å². The van der Waals surface area contributed by atoms with Crippen LogP contribution in [0.15, 0.2) is 24.3 Å². The van der Waals surface area contributed by atoms with E-state index in [0.717, 1.165) is 0 Å². The van der Waals surface area contributed by atoms with Gasteiger partial charge < -0.3 is 15.4 Å². The van der Waals surface area contributed by atoms with Crippen molar-refractivity contribution in [3.05, 3.63) is 34.4 Å². The van der Waals surface area contributed by atoms with Gasteiger partial charge in [0.05, 0.1) is 11.0 Å². The van der Waals surface area contributed by atoms with Crippen LogP contribution in [0.2, 0.25) is 0 Å². The highest BCUT2D eigenvalue weighted by atomic mass is 16.6. The fourth-order valence-electron chi connectivity index (χ4n) is 1.55. The molecule has 0 aliphatic rings. The minimum absolute atomic E-state index is 0.00413. The van der Waals surface area contributed by atoms with Crippen LogP contribution in [0.3, 0.4) is 0 Å². The molecule has 0 saturated carbocycles. The Labute approximate surface area is 117 Å². The molecule has 0 aliphatic heterocycles. The second-order valence-corrected chi connectivity index (χ2v) is 4.65. The molecule has 2 N–H and O–H groups in total. The molecule has 0 fully saturated rings. The van der Waals surface area contributed by atoms with Crippen LogP contribution in [0, 0.1) is 10.1 Å². The second kappa shape index (κ2) is 7.32. The summed E-state index contributed by atoms with van der Waals surface area (Å²) >= 11 is 0. The van der Waals surface area contributed by atoms with Crippen LogP contribution in [0.1, 0.15) is 20.8 Å². The highest BCUT2D eigenvalue weighted by Gasteiger charge is 2.14. The predicted molar refractivity (Wildman–Crippen MR) is 75.8 cm³/mol. The number of benzene rings is 1. The molecule has 0 spiro atoms. The molecule has 110 valence electrons. The highest BCUT2D eigenvalue weighted by Crippen LogP contribution is 2.22. The van der Waals surface area contributed by atoms with Crippen molar-refractivity contribution in [1.82, 2.24) is 5.32 Å². The number of hydrogen-bond acceptors (Lipinski definition) is 5. The van der Waals surface area contributed by atoms with E-state index in [-0.39, 0.29) is 17.8 Å². The van der Waals surface area contributed by atoms with E-state index in [9.17, 15) is 14.9 Å². The maximum absolute atomic E-state index is 11.4. The Morgan fingerprint density at radius 3 is 2.60 bits per heavy atom. The van der Waals surface area contributed by atoms with Gasteiger partial charge in [0.2, 0.25) is 0 Å². The van der Waals surface area contributed by atoms with Gasteiger partial charge >= 0.3 is 6.09 Å². The molecule has 0 bridgehead atoms. The first-order valence-corrected chi connectivity index (χ1v) is 6.34. The van der Waals surface area contributed by atoms with E-state index in [0.29, 0.717) is 12.2 Å². The standard InChI is InChI=1S/C13H19N3O4/c1-9(2)20-13(17)15-10(3)8-14-11-6-4-5-7-12(11)16(18)19/h4-7,9-10,14H,8H2,1-3H3,(H,15,17). The molecule has 20 heavy (non-hydrogen) atoms. The fraction of sp³-hybridized carbons (Fsp3) is 0.462. The number of para-hydroxylation sites is 2. The SMILES string of the molecule is CC(CNc1ccccc1[N+](=O)[O-])NC(=O)OC(C)C. The number of rotatable bonds is 6. The molecule has 0 aliphatic carbocycles. The van der Waals surface area contributed by atoms with E-state index >= 15 is 0 Å². The average Bonchev–Trinajstić information content (AvgIpc) is 2.35. The zero-order valence-electron chi connectivity index (χ0n) is 11.8. The Morgan fingerprint density at radius 2 is 2.00 bits per heavy atom. The quantitative estimate of drug-likeness (QED) is 0.617. The van der Waals surface area contributed by atoms with Gasteiger partial charge in [0.15, 0.2) is 0 Å². The van der Waals surface area contributed by atoms with Crippen molar-refractivity contribution < 1.29 is 14.5 Å². The minimum Gasteiger partial charge on any atom is -0.447 e.